The zero-order chi connectivity index (χ0) is 8.04. The summed E-state index contributed by atoms with van der Waals surface area (Å²) >= 11 is 3.88. The van der Waals surface area contributed by atoms with Gasteiger partial charge in [0.2, 0.25) is 0 Å². The van der Waals surface area contributed by atoms with E-state index in [1.54, 1.807) is 0 Å². The van der Waals surface area contributed by atoms with Gasteiger partial charge in [-0.25, -0.2) is 0 Å². The van der Waals surface area contributed by atoms with Crippen molar-refractivity contribution in [3.8, 4) is 0 Å². The van der Waals surface area contributed by atoms with Crippen molar-refractivity contribution in [3.63, 3.8) is 0 Å². The summed E-state index contributed by atoms with van der Waals surface area (Å²) < 4.78 is 34.4. The fraction of sp³-hybridized carbons (Fsp3) is 1.00. The van der Waals surface area contributed by atoms with Gasteiger partial charge in [-0.05, 0) is 18.6 Å². The first kappa shape index (κ1) is 10.1. The zero-order valence-electron chi connectivity index (χ0n) is 5.62. The third-order valence-electron chi connectivity index (χ3n) is 1.12. The lowest BCUT2D eigenvalue weighted by molar-refractivity contribution is -0.135. The summed E-state index contributed by atoms with van der Waals surface area (Å²) in [4.78, 5) is 0. The second kappa shape index (κ2) is 4.88. The number of hydrogen-bond acceptors (Lipinski definition) is 1. The Balaban J connectivity index is 3.04. The van der Waals surface area contributed by atoms with Gasteiger partial charge in [-0.1, -0.05) is 6.42 Å². The number of thiol groups is 1. The Morgan fingerprint density at radius 3 is 2.00 bits per heavy atom. The highest BCUT2D eigenvalue weighted by molar-refractivity contribution is 7.80. The molecular weight excluding hydrogens is 161 g/mol. The molecule has 0 aliphatic heterocycles. The van der Waals surface area contributed by atoms with Crippen molar-refractivity contribution in [2.24, 2.45) is 0 Å². The first-order valence-corrected chi connectivity index (χ1v) is 3.87. The molecule has 10 heavy (non-hydrogen) atoms. The largest absolute Gasteiger partial charge is 0.389 e. The summed E-state index contributed by atoms with van der Waals surface area (Å²) in [6.07, 6.45) is -2.98. The van der Waals surface area contributed by atoms with Crippen LogP contribution in [0.2, 0.25) is 0 Å². The van der Waals surface area contributed by atoms with Crippen LogP contribution in [0.3, 0.4) is 0 Å². The molecule has 62 valence electrons. The van der Waals surface area contributed by atoms with Crippen LogP contribution in [0.4, 0.5) is 13.2 Å². The molecule has 0 spiro atoms. The maximum atomic E-state index is 11.5. The van der Waals surface area contributed by atoms with Crippen molar-refractivity contribution >= 4 is 12.6 Å². The molecule has 0 N–H and O–H groups in total. The minimum absolute atomic E-state index is 0.240. The van der Waals surface area contributed by atoms with Crippen LogP contribution in [0.25, 0.3) is 0 Å². The third kappa shape index (κ3) is 8.14. The highest BCUT2D eigenvalue weighted by Crippen LogP contribution is 2.22. The quantitative estimate of drug-likeness (QED) is 0.489. The van der Waals surface area contributed by atoms with Crippen LogP contribution in [0.15, 0.2) is 0 Å². The number of hydrogen-bond donors (Lipinski definition) is 1. The van der Waals surface area contributed by atoms with Crippen LogP contribution in [-0.2, 0) is 0 Å². The fourth-order valence-electron chi connectivity index (χ4n) is 0.614. The van der Waals surface area contributed by atoms with Gasteiger partial charge >= 0.3 is 6.18 Å². The van der Waals surface area contributed by atoms with Crippen molar-refractivity contribution in [1.29, 1.82) is 0 Å². The first-order valence-electron chi connectivity index (χ1n) is 3.24. The van der Waals surface area contributed by atoms with E-state index >= 15 is 0 Å². The second-order valence-electron chi connectivity index (χ2n) is 2.15. The van der Waals surface area contributed by atoms with E-state index in [0.717, 1.165) is 6.42 Å². The Bertz CT molecular complexity index is 79.6. The van der Waals surface area contributed by atoms with Crippen molar-refractivity contribution < 1.29 is 13.2 Å². The highest BCUT2D eigenvalue weighted by atomic mass is 32.1. The molecule has 0 saturated carbocycles. The highest BCUT2D eigenvalue weighted by Gasteiger charge is 2.25. The Hall–Kier alpha value is 0.140. The standard InChI is InChI=1S/C6H11F3S/c7-6(8,9)4-2-1-3-5-10/h10H,1-5H2. The molecule has 0 atom stereocenters. The van der Waals surface area contributed by atoms with Crippen LogP contribution < -0.4 is 0 Å². The summed E-state index contributed by atoms with van der Waals surface area (Å²) in [5.74, 6) is 0.678. The average molecular weight is 172 g/mol. The predicted molar refractivity (Wildman–Crippen MR) is 38.4 cm³/mol. The monoisotopic (exact) mass is 172 g/mol. The molecule has 0 aromatic heterocycles. The lowest BCUT2D eigenvalue weighted by Gasteiger charge is -2.03. The van der Waals surface area contributed by atoms with Gasteiger partial charge in [0.15, 0.2) is 0 Å². The molecule has 0 rings (SSSR count). The summed E-state index contributed by atoms with van der Waals surface area (Å²) in [5.41, 5.74) is 0. The van der Waals surface area contributed by atoms with Gasteiger partial charge < -0.3 is 0 Å². The molecular formula is C6H11F3S. The topological polar surface area (TPSA) is 0 Å². The molecule has 0 heterocycles. The molecule has 0 fully saturated rings. The lowest BCUT2D eigenvalue weighted by Crippen LogP contribution is -2.06. The molecule has 0 radical (unpaired) electrons. The van der Waals surface area contributed by atoms with Crippen LogP contribution in [-0.4, -0.2) is 11.9 Å². The Kier molecular flexibility index (Phi) is 4.95. The van der Waals surface area contributed by atoms with Gasteiger partial charge in [0.05, 0.1) is 0 Å². The predicted octanol–water partition coefficient (Wildman–Crippen LogP) is 3.04. The lowest BCUT2D eigenvalue weighted by atomic mass is 10.2. The zero-order valence-corrected chi connectivity index (χ0v) is 6.51. The minimum atomic E-state index is -3.98. The van der Waals surface area contributed by atoms with Crippen molar-refractivity contribution in [3.05, 3.63) is 0 Å². The smallest absolute Gasteiger partial charge is 0.179 e. The Morgan fingerprint density at radius 2 is 1.60 bits per heavy atom. The number of alkyl halides is 3. The summed E-state index contributed by atoms with van der Waals surface area (Å²) in [6.45, 7) is 0. The minimum Gasteiger partial charge on any atom is -0.179 e. The molecule has 0 nitrogen and oxygen atoms in total. The van der Waals surface area contributed by atoms with Crippen LogP contribution in [0, 0.1) is 0 Å². The van der Waals surface area contributed by atoms with E-state index < -0.39 is 12.6 Å². The maximum Gasteiger partial charge on any atom is 0.389 e. The van der Waals surface area contributed by atoms with Gasteiger partial charge in [-0.2, -0.15) is 25.8 Å². The van der Waals surface area contributed by atoms with Gasteiger partial charge in [-0.15, -0.1) is 0 Å². The van der Waals surface area contributed by atoms with E-state index in [-0.39, 0.29) is 6.42 Å². The van der Waals surface area contributed by atoms with Crippen molar-refractivity contribution in [2.45, 2.75) is 31.9 Å². The van der Waals surface area contributed by atoms with Crippen LogP contribution in [0.5, 0.6) is 0 Å². The van der Waals surface area contributed by atoms with E-state index in [1.807, 2.05) is 0 Å². The Morgan fingerprint density at radius 1 is 1.00 bits per heavy atom. The molecule has 0 aromatic carbocycles. The fourth-order valence-corrected chi connectivity index (χ4v) is 0.838. The summed E-state index contributed by atoms with van der Waals surface area (Å²) in [5, 5.41) is 0. The third-order valence-corrected chi connectivity index (χ3v) is 1.43. The van der Waals surface area contributed by atoms with E-state index in [2.05, 4.69) is 12.6 Å². The molecule has 0 bridgehead atoms. The molecule has 0 aromatic rings. The SMILES string of the molecule is FC(F)(F)CCCCCS. The van der Waals surface area contributed by atoms with E-state index in [0.29, 0.717) is 12.2 Å². The van der Waals surface area contributed by atoms with Crippen LogP contribution >= 0.6 is 12.6 Å². The Labute approximate surface area is 64.2 Å². The molecule has 0 saturated heterocycles. The van der Waals surface area contributed by atoms with Gasteiger partial charge in [-0.3, -0.25) is 0 Å². The van der Waals surface area contributed by atoms with Gasteiger partial charge in [0.25, 0.3) is 0 Å². The molecule has 0 amide bonds. The summed E-state index contributed by atoms with van der Waals surface area (Å²) in [6, 6.07) is 0. The van der Waals surface area contributed by atoms with Crippen molar-refractivity contribution in [2.75, 3.05) is 5.75 Å². The normalized spacial score (nSPS) is 12.0. The van der Waals surface area contributed by atoms with E-state index in [4.69, 9.17) is 0 Å². The van der Waals surface area contributed by atoms with Crippen molar-refractivity contribution in [1.82, 2.24) is 0 Å². The van der Waals surface area contributed by atoms with Gasteiger partial charge in [0, 0.05) is 6.42 Å². The molecule has 0 aliphatic rings. The number of halogens is 3. The molecule has 0 aliphatic carbocycles. The summed E-state index contributed by atoms with van der Waals surface area (Å²) in [7, 11) is 0. The van der Waals surface area contributed by atoms with Crippen LogP contribution in [0.1, 0.15) is 25.7 Å². The van der Waals surface area contributed by atoms with E-state index in [9.17, 15) is 13.2 Å². The maximum absolute atomic E-state index is 11.5. The molecule has 4 heteroatoms. The number of rotatable bonds is 4. The van der Waals surface area contributed by atoms with Gasteiger partial charge in [0.1, 0.15) is 0 Å². The average Bonchev–Trinajstić information content (AvgIpc) is 1.78. The first-order chi connectivity index (χ1) is 4.56. The number of unbranched alkanes of at least 4 members (excludes halogenated alkanes) is 2. The second-order valence-corrected chi connectivity index (χ2v) is 2.60. The molecule has 0 unspecified atom stereocenters. The van der Waals surface area contributed by atoms with E-state index in [1.165, 1.54) is 0 Å².